The summed E-state index contributed by atoms with van der Waals surface area (Å²) in [5.74, 6) is -0.347. The van der Waals surface area contributed by atoms with Gasteiger partial charge >= 0.3 is 0 Å². The Hall–Kier alpha value is -2.49. The number of hydrogen-bond acceptors (Lipinski definition) is 3. The van der Waals surface area contributed by atoms with Gasteiger partial charge in [0.25, 0.3) is 5.91 Å². The maximum atomic E-state index is 11.7. The van der Waals surface area contributed by atoms with Crippen LogP contribution >= 0.6 is 0 Å². The quantitative estimate of drug-likeness (QED) is 0.827. The van der Waals surface area contributed by atoms with Crippen LogP contribution in [-0.4, -0.2) is 23.7 Å². The number of rotatable bonds is 4. The Labute approximate surface area is 105 Å². The molecule has 0 saturated carbocycles. The lowest BCUT2D eigenvalue weighted by molar-refractivity contribution is -0.107. The van der Waals surface area contributed by atoms with Crippen molar-refractivity contribution in [3.63, 3.8) is 0 Å². The van der Waals surface area contributed by atoms with E-state index in [1.54, 1.807) is 12.1 Å². The highest BCUT2D eigenvalue weighted by Gasteiger charge is 2.07. The predicted octanol–water partition coefficient (Wildman–Crippen LogP) is 1.68. The minimum absolute atomic E-state index is 0.00389. The third-order valence-electron chi connectivity index (χ3n) is 2.40. The lowest BCUT2D eigenvalue weighted by Crippen LogP contribution is -2.26. The smallest absolute Gasteiger partial charge is 0.270 e. The van der Waals surface area contributed by atoms with Gasteiger partial charge in [0.1, 0.15) is 12.0 Å². The van der Waals surface area contributed by atoms with Gasteiger partial charge < -0.3 is 10.1 Å². The summed E-state index contributed by atoms with van der Waals surface area (Å²) >= 11 is 0. The number of hydrogen-bond donors (Lipinski definition) is 1. The van der Waals surface area contributed by atoms with Crippen molar-refractivity contribution >= 4 is 12.2 Å². The average molecular weight is 240 g/mol. The molecule has 0 radical (unpaired) electrons. The van der Waals surface area contributed by atoms with Crippen molar-refractivity contribution in [1.29, 1.82) is 0 Å². The highest BCUT2D eigenvalue weighted by Crippen LogP contribution is 2.16. The van der Waals surface area contributed by atoms with Gasteiger partial charge in [0, 0.05) is 5.56 Å². The lowest BCUT2D eigenvalue weighted by Gasteiger charge is -2.04. The second-order valence-corrected chi connectivity index (χ2v) is 3.65. The maximum Gasteiger partial charge on any atom is 0.270 e. The molecule has 1 aromatic heterocycles. The van der Waals surface area contributed by atoms with Gasteiger partial charge in [-0.25, -0.2) is 4.98 Å². The molecular formula is C14H12N2O2. The number of aromatic nitrogens is 1. The van der Waals surface area contributed by atoms with Crippen LogP contribution in [0.2, 0.25) is 0 Å². The molecule has 0 bridgehead atoms. The van der Waals surface area contributed by atoms with Crippen LogP contribution in [0.3, 0.4) is 0 Å². The van der Waals surface area contributed by atoms with Crippen LogP contribution < -0.4 is 5.32 Å². The van der Waals surface area contributed by atoms with E-state index in [2.05, 4.69) is 10.3 Å². The summed E-state index contributed by atoms with van der Waals surface area (Å²) in [5, 5.41) is 2.46. The molecule has 0 spiro atoms. The molecule has 1 N–H and O–H groups in total. The Morgan fingerprint density at radius 3 is 2.61 bits per heavy atom. The number of aldehydes is 1. The fraction of sp³-hybridized carbons (Fsp3) is 0.0714. The van der Waals surface area contributed by atoms with Crippen LogP contribution in [0.15, 0.2) is 48.5 Å². The Kier molecular flexibility index (Phi) is 3.81. The van der Waals surface area contributed by atoms with E-state index < -0.39 is 0 Å². The second kappa shape index (κ2) is 5.72. The zero-order valence-electron chi connectivity index (χ0n) is 9.67. The number of pyridine rings is 1. The molecule has 4 heteroatoms. The van der Waals surface area contributed by atoms with E-state index in [-0.39, 0.29) is 12.5 Å². The van der Waals surface area contributed by atoms with Gasteiger partial charge in [0.05, 0.1) is 12.2 Å². The Morgan fingerprint density at radius 2 is 1.89 bits per heavy atom. The third kappa shape index (κ3) is 2.79. The van der Waals surface area contributed by atoms with Crippen molar-refractivity contribution < 1.29 is 9.59 Å². The van der Waals surface area contributed by atoms with Crippen molar-refractivity contribution in [3.05, 3.63) is 54.2 Å². The monoisotopic (exact) mass is 240 g/mol. The molecule has 18 heavy (non-hydrogen) atoms. The topological polar surface area (TPSA) is 59.1 Å². The summed E-state index contributed by atoms with van der Waals surface area (Å²) in [6.07, 6.45) is 0.638. The number of amides is 1. The summed E-state index contributed by atoms with van der Waals surface area (Å²) in [5.41, 5.74) is 1.98. The number of carbonyl (C=O) groups is 2. The van der Waals surface area contributed by atoms with Crippen LogP contribution in [0, 0.1) is 0 Å². The number of benzene rings is 1. The van der Waals surface area contributed by atoms with Gasteiger partial charge in [-0.05, 0) is 12.1 Å². The van der Waals surface area contributed by atoms with Crippen LogP contribution in [0.1, 0.15) is 10.5 Å². The molecule has 0 aliphatic carbocycles. The number of nitrogens with one attached hydrogen (secondary N) is 1. The third-order valence-corrected chi connectivity index (χ3v) is 2.40. The van der Waals surface area contributed by atoms with Crippen LogP contribution in [0.5, 0.6) is 0 Å². The fourth-order valence-corrected chi connectivity index (χ4v) is 1.56. The lowest BCUT2D eigenvalue weighted by atomic mass is 10.1. The molecule has 0 unspecified atom stereocenters. The van der Waals surface area contributed by atoms with Crippen LogP contribution in [-0.2, 0) is 4.79 Å². The second-order valence-electron chi connectivity index (χ2n) is 3.65. The van der Waals surface area contributed by atoms with E-state index in [0.29, 0.717) is 12.0 Å². The van der Waals surface area contributed by atoms with Gasteiger partial charge in [-0.3, -0.25) is 4.79 Å². The molecule has 0 fully saturated rings. The fourth-order valence-electron chi connectivity index (χ4n) is 1.56. The van der Waals surface area contributed by atoms with Crippen molar-refractivity contribution in [1.82, 2.24) is 10.3 Å². The summed E-state index contributed by atoms with van der Waals surface area (Å²) in [6.45, 7) is -0.00389. The van der Waals surface area contributed by atoms with Gasteiger partial charge in [-0.2, -0.15) is 0 Å². The normalized spacial score (nSPS) is 9.78. The Bertz CT molecular complexity index is 553. The summed E-state index contributed by atoms with van der Waals surface area (Å²) in [4.78, 5) is 26.1. The predicted molar refractivity (Wildman–Crippen MR) is 68.1 cm³/mol. The van der Waals surface area contributed by atoms with Gasteiger partial charge in [0.2, 0.25) is 0 Å². The molecule has 1 amide bonds. The van der Waals surface area contributed by atoms with Gasteiger partial charge in [-0.1, -0.05) is 36.4 Å². The zero-order valence-corrected chi connectivity index (χ0v) is 9.67. The van der Waals surface area contributed by atoms with Crippen molar-refractivity contribution in [3.8, 4) is 11.3 Å². The van der Waals surface area contributed by atoms with Crippen molar-refractivity contribution in [2.75, 3.05) is 6.54 Å². The first kappa shape index (κ1) is 12.0. The first-order valence-corrected chi connectivity index (χ1v) is 5.55. The minimum atomic E-state index is -0.347. The van der Waals surface area contributed by atoms with E-state index in [0.717, 1.165) is 11.3 Å². The van der Waals surface area contributed by atoms with Gasteiger partial charge in [-0.15, -0.1) is 0 Å². The molecule has 0 atom stereocenters. The van der Waals surface area contributed by atoms with Crippen LogP contribution in [0.4, 0.5) is 0 Å². The molecule has 0 aliphatic rings. The Morgan fingerprint density at radius 1 is 1.11 bits per heavy atom. The molecule has 1 heterocycles. The maximum absolute atomic E-state index is 11.7. The minimum Gasteiger partial charge on any atom is -0.344 e. The first-order chi connectivity index (χ1) is 8.81. The molecule has 90 valence electrons. The first-order valence-electron chi connectivity index (χ1n) is 5.55. The van der Waals surface area contributed by atoms with Gasteiger partial charge in [0.15, 0.2) is 0 Å². The molecule has 2 aromatic rings. The van der Waals surface area contributed by atoms with E-state index in [1.807, 2.05) is 36.4 Å². The molecule has 0 saturated heterocycles. The molecule has 0 aliphatic heterocycles. The highest BCUT2D eigenvalue weighted by atomic mass is 16.2. The average Bonchev–Trinajstić information content (AvgIpc) is 2.46. The summed E-state index contributed by atoms with van der Waals surface area (Å²) < 4.78 is 0. The standard InChI is InChI=1S/C14H12N2O2/c17-10-9-15-14(18)13-8-4-7-12(16-13)11-5-2-1-3-6-11/h1-8,10H,9H2,(H,15,18). The van der Waals surface area contributed by atoms with E-state index in [1.165, 1.54) is 0 Å². The molecule has 1 aromatic carbocycles. The zero-order chi connectivity index (χ0) is 12.8. The molecule has 2 rings (SSSR count). The van der Waals surface area contributed by atoms with Crippen molar-refractivity contribution in [2.24, 2.45) is 0 Å². The summed E-state index contributed by atoms with van der Waals surface area (Å²) in [7, 11) is 0. The Balaban J connectivity index is 2.25. The van der Waals surface area contributed by atoms with E-state index in [4.69, 9.17) is 0 Å². The van der Waals surface area contributed by atoms with Crippen LogP contribution in [0.25, 0.3) is 11.3 Å². The molecule has 4 nitrogen and oxygen atoms in total. The van der Waals surface area contributed by atoms with E-state index in [9.17, 15) is 9.59 Å². The largest absolute Gasteiger partial charge is 0.344 e. The van der Waals surface area contributed by atoms with E-state index >= 15 is 0 Å². The summed E-state index contributed by atoms with van der Waals surface area (Å²) in [6, 6.07) is 14.8. The number of carbonyl (C=O) groups excluding carboxylic acids is 2. The highest BCUT2D eigenvalue weighted by molar-refractivity contribution is 5.93. The number of nitrogens with zero attached hydrogens (tertiary/aromatic N) is 1. The van der Waals surface area contributed by atoms with Crippen molar-refractivity contribution in [2.45, 2.75) is 0 Å². The molecular weight excluding hydrogens is 228 g/mol. The SMILES string of the molecule is O=CCNC(=O)c1cccc(-c2ccccc2)n1.